The molecule has 0 unspecified atom stereocenters. The largest absolute Gasteiger partial charge is 0.453 e. The Hall–Kier alpha value is -1.10. The fraction of sp³-hybridized carbons (Fsp3) is 0.500. The number of hydrogen-bond donors (Lipinski definition) is 1. The molecule has 1 aromatic rings. The first-order valence-electron chi connectivity index (χ1n) is 3.82. The van der Waals surface area contributed by atoms with E-state index in [1.807, 2.05) is 19.2 Å². The molecule has 0 saturated heterocycles. The van der Waals surface area contributed by atoms with E-state index in [2.05, 4.69) is 15.0 Å². The Morgan fingerprint density at radius 1 is 1.69 bits per heavy atom. The number of amides is 1. The van der Waals surface area contributed by atoms with Crippen LogP contribution in [0.1, 0.15) is 18.9 Å². The van der Waals surface area contributed by atoms with Gasteiger partial charge in [-0.2, -0.15) is 0 Å². The van der Waals surface area contributed by atoms with Gasteiger partial charge in [-0.1, -0.05) is 0 Å². The van der Waals surface area contributed by atoms with E-state index in [4.69, 9.17) is 0 Å². The maximum Gasteiger partial charge on any atom is 0.407 e. The number of methoxy groups -OCH3 is 1. The highest BCUT2D eigenvalue weighted by molar-refractivity contribution is 7.09. The van der Waals surface area contributed by atoms with Crippen molar-refractivity contribution in [2.75, 3.05) is 7.11 Å². The van der Waals surface area contributed by atoms with Crippen LogP contribution in [0.5, 0.6) is 0 Å². The van der Waals surface area contributed by atoms with E-state index < -0.39 is 11.6 Å². The normalized spacial score (nSPS) is 11.0. The Labute approximate surface area is 80.9 Å². The number of thiazole rings is 1. The van der Waals surface area contributed by atoms with Crippen LogP contribution in [0.3, 0.4) is 0 Å². The smallest absolute Gasteiger partial charge is 0.407 e. The Bertz CT molecular complexity index is 282. The van der Waals surface area contributed by atoms with E-state index in [1.54, 1.807) is 6.20 Å². The molecule has 0 aliphatic heterocycles. The van der Waals surface area contributed by atoms with Gasteiger partial charge in [0.05, 0.1) is 12.6 Å². The van der Waals surface area contributed by atoms with E-state index in [0.29, 0.717) is 0 Å². The molecule has 1 aromatic heterocycles. The van der Waals surface area contributed by atoms with Crippen molar-refractivity contribution < 1.29 is 9.53 Å². The second kappa shape index (κ2) is 3.74. The summed E-state index contributed by atoms with van der Waals surface area (Å²) in [5, 5.41) is 5.43. The zero-order chi connectivity index (χ0) is 9.90. The number of alkyl carbamates (subject to hydrolysis) is 1. The molecular weight excluding hydrogens is 188 g/mol. The summed E-state index contributed by atoms with van der Waals surface area (Å²) in [6.07, 6.45) is 1.26. The van der Waals surface area contributed by atoms with Crippen LogP contribution in [-0.4, -0.2) is 18.2 Å². The number of nitrogens with one attached hydrogen (secondary N) is 1. The first-order chi connectivity index (χ1) is 6.06. The van der Waals surface area contributed by atoms with Gasteiger partial charge in [0.2, 0.25) is 0 Å². The zero-order valence-corrected chi connectivity index (χ0v) is 8.64. The van der Waals surface area contributed by atoms with Crippen molar-refractivity contribution >= 4 is 17.4 Å². The number of carbonyl (C=O) groups is 1. The second-order valence-corrected chi connectivity index (χ2v) is 3.97. The standard InChI is InChI=1S/C8H12N2O2S/c1-8(2,10-7(11)12-3)6-9-4-5-13-6/h4-5H,1-3H3,(H,10,11). The summed E-state index contributed by atoms with van der Waals surface area (Å²) in [6.45, 7) is 3.76. The first kappa shape index (κ1) is 9.98. The van der Waals surface area contributed by atoms with Gasteiger partial charge in [-0.3, -0.25) is 0 Å². The minimum absolute atomic E-state index is 0.444. The Morgan fingerprint density at radius 3 is 2.85 bits per heavy atom. The highest BCUT2D eigenvalue weighted by Crippen LogP contribution is 2.21. The summed E-state index contributed by atoms with van der Waals surface area (Å²) in [5.41, 5.74) is -0.471. The Morgan fingerprint density at radius 2 is 2.38 bits per heavy atom. The van der Waals surface area contributed by atoms with Crippen molar-refractivity contribution in [1.82, 2.24) is 10.3 Å². The highest BCUT2D eigenvalue weighted by atomic mass is 32.1. The molecule has 1 heterocycles. The van der Waals surface area contributed by atoms with Crippen molar-refractivity contribution in [3.63, 3.8) is 0 Å². The van der Waals surface area contributed by atoms with Crippen LogP contribution in [0.15, 0.2) is 11.6 Å². The van der Waals surface area contributed by atoms with Crippen LogP contribution in [0.4, 0.5) is 4.79 Å². The van der Waals surface area contributed by atoms with E-state index >= 15 is 0 Å². The minimum atomic E-state index is -0.471. The average molecular weight is 200 g/mol. The maximum atomic E-state index is 11.0. The van der Waals surface area contributed by atoms with Gasteiger partial charge in [0, 0.05) is 11.6 Å². The van der Waals surface area contributed by atoms with E-state index in [1.165, 1.54) is 18.4 Å². The van der Waals surface area contributed by atoms with Gasteiger partial charge in [-0.25, -0.2) is 9.78 Å². The number of rotatable bonds is 2. The summed E-state index contributed by atoms with van der Waals surface area (Å²) in [7, 11) is 1.34. The molecule has 1 amide bonds. The molecule has 0 aromatic carbocycles. The van der Waals surface area contributed by atoms with Gasteiger partial charge in [0.1, 0.15) is 5.01 Å². The summed E-state index contributed by atoms with van der Waals surface area (Å²) < 4.78 is 4.51. The molecule has 0 fully saturated rings. The highest BCUT2D eigenvalue weighted by Gasteiger charge is 2.25. The van der Waals surface area contributed by atoms with Crippen molar-refractivity contribution in [2.45, 2.75) is 19.4 Å². The fourth-order valence-corrected chi connectivity index (χ4v) is 1.61. The lowest BCUT2D eigenvalue weighted by Crippen LogP contribution is -2.40. The molecule has 4 nitrogen and oxygen atoms in total. The topological polar surface area (TPSA) is 51.2 Å². The van der Waals surface area contributed by atoms with Crippen LogP contribution < -0.4 is 5.32 Å². The molecule has 0 saturated carbocycles. The van der Waals surface area contributed by atoms with Crippen LogP contribution in [0, 0.1) is 0 Å². The molecule has 0 aliphatic rings. The minimum Gasteiger partial charge on any atom is -0.453 e. The lowest BCUT2D eigenvalue weighted by atomic mass is 10.1. The number of hydrogen-bond acceptors (Lipinski definition) is 4. The number of aromatic nitrogens is 1. The quantitative estimate of drug-likeness (QED) is 0.791. The average Bonchev–Trinajstić information content (AvgIpc) is 2.55. The maximum absolute atomic E-state index is 11.0. The predicted octanol–water partition coefficient (Wildman–Crippen LogP) is 1.73. The van der Waals surface area contributed by atoms with E-state index in [9.17, 15) is 4.79 Å². The molecule has 13 heavy (non-hydrogen) atoms. The van der Waals surface area contributed by atoms with Crippen molar-refractivity contribution in [3.05, 3.63) is 16.6 Å². The van der Waals surface area contributed by atoms with Crippen LogP contribution in [-0.2, 0) is 10.3 Å². The van der Waals surface area contributed by atoms with Crippen LogP contribution in [0.2, 0.25) is 0 Å². The molecule has 72 valence electrons. The predicted molar refractivity (Wildman–Crippen MR) is 50.7 cm³/mol. The van der Waals surface area contributed by atoms with Crippen molar-refractivity contribution in [2.24, 2.45) is 0 Å². The van der Waals surface area contributed by atoms with E-state index in [0.717, 1.165) is 5.01 Å². The fourth-order valence-electron chi connectivity index (χ4n) is 0.892. The summed E-state index contributed by atoms with van der Waals surface area (Å²) >= 11 is 1.50. The van der Waals surface area contributed by atoms with Gasteiger partial charge in [0.15, 0.2) is 0 Å². The van der Waals surface area contributed by atoms with Gasteiger partial charge in [-0.05, 0) is 13.8 Å². The zero-order valence-electron chi connectivity index (χ0n) is 7.83. The summed E-state index contributed by atoms with van der Waals surface area (Å²) in [5.74, 6) is 0. The molecule has 5 heteroatoms. The summed E-state index contributed by atoms with van der Waals surface area (Å²) in [6, 6.07) is 0. The Kier molecular flexibility index (Phi) is 2.87. The number of nitrogens with zero attached hydrogens (tertiary/aromatic N) is 1. The lowest BCUT2D eigenvalue weighted by Gasteiger charge is -2.22. The molecule has 0 aliphatic carbocycles. The first-order valence-corrected chi connectivity index (χ1v) is 4.70. The van der Waals surface area contributed by atoms with Gasteiger partial charge in [0.25, 0.3) is 0 Å². The van der Waals surface area contributed by atoms with Gasteiger partial charge >= 0.3 is 6.09 Å². The summed E-state index contributed by atoms with van der Waals surface area (Å²) in [4.78, 5) is 15.1. The van der Waals surface area contributed by atoms with Crippen molar-refractivity contribution in [1.29, 1.82) is 0 Å². The molecule has 0 spiro atoms. The van der Waals surface area contributed by atoms with E-state index in [-0.39, 0.29) is 0 Å². The van der Waals surface area contributed by atoms with Crippen LogP contribution >= 0.6 is 11.3 Å². The third-order valence-corrected chi connectivity index (χ3v) is 2.66. The number of ether oxygens (including phenoxy) is 1. The molecule has 1 N–H and O–H groups in total. The number of carbonyl (C=O) groups excluding carboxylic acids is 1. The molecule has 0 bridgehead atoms. The van der Waals surface area contributed by atoms with Gasteiger partial charge in [-0.15, -0.1) is 11.3 Å². The third kappa shape index (κ3) is 2.42. The van der Waals surface area contributed by atoms with Gasteiger partial charge < -0.3 is 10.1 Å². The lowest BCUT2D eigenvalue weighted by molar-refractivity contribution is 0.159. The van der Waals surface area contributed by atoms with Crippen molar-refractivity contribution in [3.8, 4) is 0 Å². The SMILES string of the molecule is COC(=O)NC(C)(C)c1nccs1. The molecule has 0 radical (unpaired) electrons. The monoisotopic (exact) mass is 200 g/mol. The molecule has 1 rings (SSSR count). The second-order valence-electron chi connectivity index (χ2n) is 3.08. The molecular formula is C8H12N2O2S. The molecule has 0 atom stereocenters. The van der Waals surface area contributed by atoms with Crippen LogP contribution in [0.25, 0.3) is 0 Å². The Balaban J connectivity index is 2.72. The third-order valence-electron chi connectivity index (χ3n) is 1.57.